The minimum atomic E-state index is -1.50. The third-order valence-electron chi connectivity index (χ3n) is 1.39. The van der Waals surface area contributed by atoms with Crippen molar-refractivity contribution in [2.45, 2.75) is 0 Å². The second kappa shape index (κ2) is 13.3. The van der Waals surface area contributed by atoms with Crippen molar-refractivity contribution in [3.05, 3.63) is 52.1 Å². The predicted molar refractivity (Wildman–Crippen MR) is 67.7 cm³/mol. The zero-order valence-electron chi connectivity index (χ0n) is 10.2. The molecule has 1 aromatic rings. The zero-order chi connectivity index (χ0) is 15.1. The van der Waals surface area contributed by atoms with Gasteiger partial charge in [-0.15, -0.1) is 10.1 Å². The van der Waals surface area contributed by atoms with Crippen LogP contribution >= 0.6 is 0 Å². The molecule has 0 heterocycles. The van der Waals surface area contributed by atoms with Gasteiger partial charge in [-0.2, -0.15) is 5.53 Å². The van der Waals surface area contributed by atoms with Crippen LogP contribution in [-0.2, 0) is 4.79 Å². The number of hydrogen-bond acceptors (Lipinski definition) is 6. The topological polar surface area (TPSA) is 155 Å². The number of nitrogens with zero attached hydrogens (tertiary/aromatic N) is 2. The van der Waals surface area contributed by atoms with E-state index in [-0.39, 0.29) is 0 Å². The van der Waals surface area contributed by atoms with Gasteiger partial charge in [0.05, 0.1) is 0 Å². The molecule has 0 fully saturated rings. The summed E-state index contributed by atoms with van der Waals surface area (Å²) in [6.45, 7) is 0. The molecule has 0 aliphatic rings. The lowest BCUT2D eigenvalue weighted by molar-refractivity contribution is -0.742. The Labute approximate surface area is 109 Å². The van der Waals surface area contributed by atoms with Gasteiger partial charge in [0.25, 0.3) is 11.0 Å². The summed E-state index contributed by atoms with van der Waals surface area (Å²) in [7, 11) is 1.50. The maximum Gasteiger partial charge on any atom is 0.291 e. The summed E-state index contributed by atoms with van der Waals surface area (Å²) in [5.74, 6) is -0.404. The van der Waals surface area contributed by atoms with Crippen molar-refractivity contribution in [3.8, 4) is 0 Å². The first-order valence-corrected chi connectivity index (χ1v) is 4.87. The van der Waals surface area contributed by atoms with Crippen LogP contribution in [0.25, 0.3) is 6.08 Å². The average Bonchev–Trinajstić information content (AvgIpc) is 2.40. The highest BCUT2D eigenvalue weighted by Gasteiger charge is 1.90. The fourth-order valence-electron chi connectivity index (χ4n) is 0.828. The van der Waals surface area contributed by atoms with Crippen LogP contribution in [0, 0.1) is 15.6 Å². The molecule has 1 rings (SSSR count). The van der Waals surface area contributed by atoms with E-state index in [1.165, 1.54) is 13.1 Å². The van der Waals surface area contributed by atoms with E-state index in [2.05, 4.69) is 11.0 Å². The van der Waals surface area contributed by atoms with Gasteiger partial charge in [0, 0.05) is 6.08 Å². The molecule has 9 nitrogen and oxygen atoms in total. The highest BCUT2D eigenvalue weighted by atomic mass is 16.9. The van der Waals surface area contributed by atoms with E-state index in [0.29, 0.717) is 0 Å². The standard InChI is InChI=1S/C9H9N3O.CH5N.HNO3/c10-12-11-9(13)7-6-8-4-2-1-3-5-8;1-2;2-1(3)4/h1-7H,(H2,10,11,13);2H2,1H3;(H,2,3,4)/b7-6+;;. The highest BCUT2D eigenvalue weighted by molar-refractivity contribution is 5.91. The Morgan fingerprint density at radius 1 is 1.47 bits per heavy atom. The molecule has 0 radical (unpaired) electrons. The average molecular weight is 269 g/mol. The smallest absolute Gasteiger partial charge is 0.291 e. The zero-order valence-corrected chi connectivity index (χ0v) is 10.2. The first-order valence-electron chi connectivity index (χ1n) is 4.87. The third kappa shape index (κ3) is 15.2. The highest BCUT2D eigenvalue weighted by Crippen LogP contribution is 2.00. The minimum absolute atomic E-state index is 0.404. The number of carbonyl (C=O) groups excluding carboxylic acids is 1. The Morgan fingerprint density at radius 3 is 2.37 bits per heavy atom. The first kappa shape index (κ1) is 18.6. The Bertz CT molecular complexity index is 404. The Hall–Kier alpha value is -2.81. The molecule has 9 heteroatoms. The molecule has 0 bridgehead atoms. The molecular formula is C10H15N5O4. The summed E-state index contributed by atoms with van der Waals surface area (Å²) >= 11 is 0. The van der Waals surface area contributed by atoms with Crippen LogP contribution < -0.4 is 11.2 Å². The van der Waals surface area contributed by atoms with Crippen LogP contribution in [0.4, 0.5) is 0 Å². The summed E-state index contributed by atoms with van der Waals surface area (Å²) in [4.78, 5) is 19.2. The summed E-state index contributed by atoms with van der Waals surface area (Å²) in [5.41, 5.74) is 13.8. The van der Waals surface area contributed by atoms with Crippen LogP contribution in [0.5, 0.6) is 0 Å². The Balaban J connectivity index is 0. The second-order valence-corrected chi connectivity index (χ2v) is 2.57. The van der Waals surface area contributed by atoms with E-state index in [1.807, 2.05) is 35.8 Å². The third-order valence-corrected chi connectivity index (χ3v) is 1.39. The van der Waals surface area contributed by atoms with Gasteiger partial charge < -0.3 is 10.9 Å². The number of hydrogen-bond donors (Lipinski definition) is 4. The normalized spacial score (nSPS) is 8.32. The maximum absolute atomic E-state index is 10.8. The number of carbonyl (C=O) groups is 1. The fraction of sp³-hybridized carbons (Fsp3) is 0.100. The molecule has 19 heavy (non-hydrogen) atoms. The van der Waals surface area contributed by atoms with Crippen molar-refractivity contribution in [3.63, 3.8) is 0 Å². The monoisotopic (exact) mass is 269 g/mol. The molecular weight excluding hydrogens is 254 g/mol. The van der Waals surface area contributed by atoms with Gasteiger partial charge in [-0.3, -0.25) is 4.79 Å². The number of nitrogens with two attached hydrogens (primary N) is 1. The van der Waals surface area contributed by atoms with Gasteiger partial charge in [-0.25, -0.2) is 5.43 Å². The van der Waals surface area contributed by atoms with Crippen molar-refractivity contribution in [1.29, 1.82) is 5.53 Å². The summed E-state index contributed by atoms with van der Waals surface area (Å²) in [6.07, 6.45) is 2.98. The lowest BCUT2D eigenvalue weighted by atomic mass is 10.2. The van der Waals surface area contributed by atoms with E-state index in [0.717, 1.165) is 5.56 Å². The van der Waals surface area contributed by atoms with E-state index in [4.69, 9.17) is 20.9 Å². The van der Waals surface area contributed by atoms with Gasteiger partial charge in [0.2, 0.25) is 0 Å². The molecule has 104 valence electrons. The molecule has 1 amide bonds. The van der Waals surface area contributed by atoms with Crippen molar-refractivity contribution in [1.82, 2.24) is 5.43 Å². The molecule has 0 atom stereocenters. The largest absolute Gasteiger partial charge is 0.333 e. The van der Waals surface area contributed by atoms with Gasteiger partial charge in [0.15, 0.2) is 0 Å². The predicted octanol–water partition coefficient (Wildman–Crippen LogP) is 0.989. The molecule has 0 saturated carbocycles. The lowest BCUT2D eigenvalue weighted by Gasteiger charge is -1.90. The molecule has 0 aromatic heterocycles. The number of amides is 1. The van der Waals surface area contributed by atoms with Gasteiger partial charge in [-0.1, -0.05) is 35.6 Å². The van der Waals surface area contributed by atoms with Crippen molar-refractivity contribution < 1.29 is 15.1 Å². The van der Waals surface area contributed by atoms with E-state index >= 15 is 0 Å². The van der Waals surface area contributed by atoms with Crippen molar-refractivity contribution in [2.24, 2.45) is 11.0 Å². The van der Waals surface area contributed by atoms with E-state index in [1.54, 1.807) is 6.08 Å². The van der Waals surface area contributed by atoms with Gasteiger partial charge in [-0.05, 0) is 18.7 Å². The van der Waals surface area contributed by atoms with E-state index in [9.17, 15) is 4.79 Å². The number of benzene rings is 1. The quantitative estimate of drug-likeness (QED) is 0.278. The fourth-order valence-corrected chi connectivity index (χ4v) is 0.828. The van der Waals surface area contributed by atoms with Crippen LogP contribution in [0.1, 0.15) is 5.56 Å². The SMILES string of the molecule is CN.N=NNC(=O)/C=C/c1ccccc1.O=[N+]([O-])O. The first-order chi connectivity index (χ1) is 9.06. The number of rotatable bonds is 3. The molecule has 0 saturated heterocycles. The molecule has 0 spiro atoms. The summed E-state index contributed by atoms with van der Waals surface area (Å²) in [5, 5.41) is 16.4. The minimum Gasteiger partial charge on any atom is -0.333 e. The maximum atomic E-state index is 10.8. The van der Waals surface area contributed by atoms with Crippen LogP contribution in [-0.4, -0.2) is 23.2 Å². The molecule has 0 aliphatic carbocycles. The molecule has 0 aliphatic heterocycles. The van der Waals surface area contributed by atoms with Crippen LogP contribution in [0.3, 0.4) is 0 Å². The van der Waals surface area contributed by atoms with E-state index < -0.39 is 11.0 Å². The van der Waals surface area contributed by atoms with Crippen LogP contribution in [0.2, 0.25) is 0 Å². The summed E-state index contributed by atoms with van der Waals surface area (Å²) in [6, 6.07) is 9.42. The lowest BCUT2D eigenvalue weighted by Crippen LogP contribution is -2.12. The van der Waals surface area contributed by atoms with Crippen molar-refractivity contribution in [2.75, 3.05) is 7.05 Å². The van der Waals surface area contributed by atoms with Crippen molar-refractivity contribution >= 4 is 12.0 Å². The Kier molecular flexibility index (Phi) is 12.9. The Morgan fingerprint density at radius 2 is 1.95 bits per heavy atom. The van der Waals surface area contributed by atoms with Gasteiger partial charge >= 0.3 is 0 Å². The molecule has 0 unspecified atom stereocenters. The summed E-state index contributed by atoms with van der Waals surface area (Å²) < 4.78 is 0. The van der Waals surface area contributed by atoms with Gasteiger partial charge in [0.1, 0.15) is 0 Å². The van der Waals surface area contributed by atoms with Crippen LogP contribution in [0.15, 0.2) is 41.6 Å². The number of nitrogens with one attached hydrogen (secondary N) is 2. The molecule has 5 N–H and O–H groups in total. The second-order valence-electron chi connectivity index (χ2n) is 2.57. The molecule has 1 aromatic carbocycles.